The van der Waals surface area contributed by atoms with Crippen molar-refractivity contribution in [1.29, 1.82) is 0 Å². The van der Waals surface area contributed by atoms with Crippen molar-refractivity contribution < 1.29 is 22.8 Å². The van der Waals surface area contributed by atoms with E-state index in [9.17, 15) is 8.42 Å². The lowest BCUT2D eigenvalue weighted by Gasteiger charge is -2.27. The van der Waals surface area contributed by atoms with Gasteiger partial charge in [0, 0.05) is 12.1 Å². The highest BCUT2D eigenvalue weighted by atomic mass is 32.2. The molecule has 130 valence electrons. The minimum atomic E-state index is -4.02. The van der Waals surface area contributed by atoms with Gasteiger partial charge < -0.3 is 15.2 Å². The van der Waals surface area contributed by atoms with Gasteiger partial charge in [-0.25, -0.2) is 0 Å². The van der Waals surface area contributed by atoms with E-state index in [0.717, 1.165) is 18.5 Å². The van der Waals surface area contributed by atoms with Crippen molar-refractivity contribution in [3.63, 3.8) is 0 Å². The molecule has 7 nitrogen and oxygen atoms in total. The molecule has 1 aliphatic rings. The van der Waals surface area contributed by atoms with E-state index >= 15 is 0 Å². The quantitative estimate of drug-likeness (QED) is 0.720. The number of benzene rings is 1. The third-order valence-corrected chi connectivity index (χ3v) is 4.26. The minimum Gasteiger partial charge on any atom is -0.506 e. The van der Waals surface area contributed by atoms with E-state index in [0.29, 0.717) is 18.4 Å². The number of nitrogens with zero attached hydrogens (tertiary/aromatic N) is 1. The molecule has 0 spiro atoms. The largest absolute Gasteiger partial charge is 0.506 e. The molecule has 0 saturated carbocycles. The second kappa shape index (κ2) is 8.09. The van der Waals surface area contributed by atoms with Crippen LogP contribution in [0.5, 0.6) is 11.5 Å². The molecule has 1 atom stereocenters. The maximum atomic E-state index is 10.5. The maximum Gasteiger partial charge on any atom is 0.294 e. The van der Waals surface area contributed by atoms with Crippen LogP contribution in [-0.2, 0) is 10.1 Å². The molecule has 0 radical (unpaired) electrons. The highest BCUT2D eigenvalue weighted by Crippen LogP contribution is 2.16. The smallest absolute Gasteiger partial charge is 0.294 e. The summed E-state index contributed by atoms with van der Waals surface area (Å²) in [5, 5.41) is 12.3. The standard InChI is InChI=1S/C9H12N2O2.C7H8O3S/c12-8-3-9(5-10-4-8)13-6-7-1-2-11-7;1-6-2-4-7(5-3-6)11(8,9)10/h3-5,7,11-12H,1-2,6H2;2-5H,1H3,(H,8,9,10)/t7-;/m0./s1. The minimum absolute atomic E-state index is 0.0666. The summed E-state index contributed by atoms with van der Waals surface area (Å²) >= 11 is 0. The Kier molecular flexibility index (Phi) is 6.13. The third kappa shape index (κ3) is 5.80. The van der Waals surface area contributed by atoms with Gasteiger partial charge in [-0.15, -0.1) is 0 Å². The number of hydrogen-bond acceptors (Lipinski definition) is 6. The lowest BCUT2D eigenvalue weighted by atomic mass is 10.1. The molecule has 1 saturated heterocycles. The van der Waals surface area contributed by atoms with Gasteiger partial charge in [-0.05, 0) is 32.0 Å². The van der Waals surface area contributed by atoms with E-state index in [-0.39, 0.29) is 10.6 Å². The van der Waals surface area contributed by atoms with Crippen molar-refractivity contribution in [3.05, 3.63) is 48.3 Å². The number of hydrogen-bond donors (Lipinski definition) is 3. The van der Waals surface area contributed by atoms with Crippen LogP contribution in [0.4, 0.5) is 0 Å². The highest BCUT2D eigenvalue weighted by Gasteiger charge is 2.16. The summed E-state index contributed by atoms with van der Waals surface area (Å²) in [6.45, 7) is 3.56. The highest BCUT2D eigenvalue weighted by molar-refractivity contribution is 7.85. The molecule has 0 aliphatic carbocycles. The number of ether oxygens (including phenoxy) is 1. The van der Waals surface area contributed by atoms with Crippen LogP contribution in [0.25, 0.3) is 0 Å². The van der Waals surface area contributed by atoms with Crippen molar-refractivity contribution in [2.75, 3.05) is 13.2 Å². The molecule has 1 aliphatic heterocycles. The average molecular weight is 352 g/mol. The number of rotatable bonds is 4. The van der Waals surface area contributed by atoms with Gasteiger partial charge in [0.15, 0.2) is 0 Å². The van der Waals surface area contributed by atoms with Crippen LogP contribution < -0.4 is 10.1 Å². The van der Waals surface area contributed by atoms with Crippen LogP contribution in [0.2, 0.25) is 0 Å². The summed E-state index contributed by atoms with van der Waals surface area (Å²) in [4.78, 5) is 3.74. The summed E-state index contributed by atoms with van der Waals surface area (Å²) in [6, 6.07) is 8.01. The first kappa shape index (κ1) is 18.2. The van der Waals surface area contributed by atoms with Crippen LogP contribution in [0.1, 0.15) is 12.0 Å². The molecule has 2 aromatic rings. The second-order valence-corrected chi connectivity index (χ2v) is 6.84. The Hall–Kier alpha value is -2.16. The molecule has 8 heteroatoms. The van der Waals surface area contributed by atoms with E-state index in [2.05, 4.69) is 10.3 Å². The summed E-state index contributed by atoms with van der Waals surface area (Å²) in [5.74, 6) is 0.757. The second-order valence-electron chi connectivity index (χ2n) is 5.42. The van der Waals surface area contributed by atoms with Crippen molar-refractivity contribution >= 4 is 10.1 Å². The number of pyridine rings is 1. The molecule has 1 fully saturated rings. The van der Waals surface area contributed by atoms with Crippen LogP contribution in [-0.4, -0.2) is 42.3 Å². The molecule has 0 amide bonds. The molecule has 2 heterocycles. The van der Waals surface area contributed by atoms with Crippen molar-refractivity contribution in [3.8, 4) is 11.5 Å². The number of aryl methyl sites for hydroxylation is 1. The van der Waals surface area contributed by atoms with Gasteiger partial charge in [0.05, 0.1) is 17.3 Å². The Morgan fingerprint density at radius 2 is 1.96 bits per heavy atom. The first-order valence-corrected chi connectivity index (χ1v) is 8.83. The van der Waals surface area contributed by atoms with Gasteiger partial charge in [-0.3, -0.25) is 9.54 Å². The van der Waals surface area contributed by atoms with Crippen LogP contribution in [0, 0.1) is 6.92 Å². The Labute approximate surface area is 141 Å². The van der Waals surface area contributed by atoms with Gasteiger partial charge >= 0.3 is 0 Å². The fourth-order valence-electron chi connectivity index (χ4n) is 1.88. The Balaban J connectivity index is 0.000000177. The van der Waals surface area contributed by atoms with E-state index < -0.39 is 10.1 Å². The normalized spacial score (nSPS) is 16.5. The van der Waals surface area contributed by atoms with Gasteiger partial charge in [-0.1, -0.05) is 17.7 Å². The van der Waals surface area contributed by atoms with Gasteiger partial charge in [0.2, 0.25) is 0 Å². The van der Waals surface area contributed by atoms with Crippen molar-refractivity contribution in [1.82, 2.24) is 10.3 Å². The van der Waals surface area contributed by atoms with E-state index in [4.69, 9.17) is 14.4 Å². The summed E-state index contributed by atoms with van der Waals surface area (Å²) in [5.41, 5.74) is 0.956. The topological polar surface area (TPSA) is 109 Å². The van der Waals surface area contributed by atoms with Crippen LogP contribution in [0.3, 0.4) is 0 Å². The molecule has 24 heavy (non-hydrogen) atoms. The predicted molar refractivity (Wildman–Crippen MR) is 88.8 cm³/mol. The average Bonchev–Trinajstić information content (AvgIpc) is 2.46. The monoisotopic (exact) mass is 352 g/mol. The van der Waals surface area contributed by atoms with Crippen molar-refractivity contribution in [2.45, 2.75) is 24.3 Å². The van der Waals surface area contributed by atoms with Gasteiger partial charge in [-0.2, -0.15) is 8.42 Å². The first-order valence-electron chi connectivity index (χ1n) is 7.39. The molecular weight excluding hydrogens is 332 g/mol. The SMILES string of the molecule is Cc1ccc(S(=O)(=O)O)cc1.Oc1cncc(OC[C@@H]2CCN2)c1. The zero-order chi connectivity index (χ0) is 17.6. The van der Waals surface area contributed by atoms with E-state index in [1.807, 2.05) is 6.92 Å². The number of aromatic hydroxyl groups is 1. The third-order valence-electron chi connectivity index (χ3n) is 3.39. The zero-order valence-corrected chi connectivity index (χ0v) is 14.0. The summed E-state index contributed by atoms with van der Waals surface area (Å²) in [7, 11) is -4.02. The zero-order valence-electron chi connectivity index (χ0n) is 13.2. The van der Waals surface area contributed by atoms with Crippen molar-refractivity contribution in [2.24, 2.45) is 0 Å². The Morgan fingerprint density at radius 1 is 1.29 bits per heavy atom. The van der Waals surface area contributed by atoms with Gasteiger partial charge in [0.1, 0.15) is 18.1 Å². The summed E-state index contributed by atoms with van der Waals surface area (Å²) in [6.07, 6.45) is 4.14. The number of aromatic nitrogens is 1. The molecule has 1 aromatic heterocycles. The fraction of sp³-hybridized carbons (Fsp3) is 0.312. The molecule has 1 aromatic carbocycles. The van der Waals surface area contributed by atoms with Crippen LogP contribution >= 0.6 is 0 Å². The lowest BCUT2D eigenvalue weighted by molar-refractivity contribution is 0.216. The predicted octanol–water partition coefficient (Wildman–Crippen LogP) is 1.77. The Morgan fingerprint density at radius 3 is 2.46 bits per heavy atom. The maximum absolute atomic E-state index is 10.5. The molecule has 0 unspecified atom stereocenters. The van der Waals surface area contributed by atoms with E-state index in [1.165, 1.54) is 18.3 Å². The summed E-state index contributed by atoms with van der Waals surface area (Å²) < 4.78 is 35.0. The molecule has 0 bridgehead atoms. The van der Waals surface area contributed by atoms with E-state index in [1.54, 1.807) is 24.4 Å². The molecule has 3 rings (SSSR count). The lowest BCUT2D eigenvalue weighted by Crippen LogP contribution is -2.46. The Bertz CT molecular complexity index is 758. The van der Waals surface area contributed by atoms with Crippen LogP contribution in [0.15, 0.2) is 47.6 Å². The number of nitrogens with one attached hydrogen (secondary N) is 1. The van der Waals surface area contributed by atoms with Gasteiger partial charge in [0.25, 0.3) is 10.1 Å². The first-order chi connectivity index (χ1) is 11.3. The molecule has 3 N–H and O–H groups in total. The molecular formula is C16H20N2O5S. The fourth-order valence-corrected chi connectivity index (χ4v) is 2.36.